The van der Waals surface area contributed by atoms with Gasteiger partial charge in [0.1, 0.15) is 5.82 Å². The molecule has 1 aliphatic rings. The number of aliphatic hydroxyl groups excluding tert-OH is 1. The third-order valence-corrected chi connectivity index (χ3v) is 4.18. The topological polar surface area (TPSA) is 23.5 Å². The third kappa shape index (κ3) is 4.29. The van der Waals surface area contributed by atoms with Crippen molar-refractivity contribution in [3.8, 4) is 0 Å². The molecule has 0 saturated carbocycles. The van der Waals surface area contributed by atoms with E-state index in [1.165, 1.54) is 25.0 Å². The number of nitrogens with zero attached hydrogens (tertiary/aromatic N) is 1. The maximum Gasteiger partial charge on any atom is 0.123 e. The van der Waals surface area contributed by atoms with Crippen LogP contribution in [0.15, 0.2) is 24.3 Å². The van der Waals surface area contributed by atoms with E-state index in [1.807, 2.05) is 0 Å². The zero-order valence-corrected chi connectivity index (χ0v) is 11.9. The van der Waals surface area contributed by atoms with Crippen molar-refractivity contribution in [2.75, 3.05) is 19.6 Å². The first kappa shape index (κ1) is 14.5. The molecule has 1 aromatic carbocycles. The van der Waals surface area contributed by atoms with Crippen molar-refractivity contribution >= 4 is 0 Å². The van der Waals surface area contributed by atoms with Crippen LogP contribution in [0.1, 0.15) is 44.8 Å². The summed E-state index contributed by atoms with van der Waals surface area (Å²) in [6.45, 7) is 7.77. The zero-order valence-electron chi connectivity index (χ0n) is 11.9. The summed E-state index contributed by atoms with van der Waals surface area (Å²) in [5, 5.41) is 10.1. The molecule has 0 spiro atoms. The fourth-order valence-corrected chi connectivity index (χ4v) is 2.54. The van der Waals surface area contributed by atoms with E-state index >= 15 is 0 Å². The van der Waals surface area contributed by atoms with Crippen LogP contribution in [0.5, 0.6) is 0 Å². The van der Waals surface area contributed by atoms with Gasteiger partial charge in [-0.05, 0) is 55.5 Å². The molecule has 0 amide bonds. The molecule has 106 valence electrons. The molecular weight excluding hydrogens is 241 g/mol. The van der Waals surface area contributed by atoms with Crippen molar-refractivity contribution in [1.82, 2.24) is 4.90 Å². The average molecular weight is 265 g/mol. The van der Waals surface area contributed by atoms with Crippen molar-refractivity contribution in [2.24, 2.45) is 5.41 Å². The van der Waals surface area contributed by atoms with Crippen molar-refractivity contribution in [3.63, 3.8) is 0 Å². The molecule has 0 aliphatic carbocycles. The number of rotatable bonds is 4. The Balaban J connectivity index is 1.78. The lowest BCUT2D eigenvalue weighted by Crippen LogP contribution is -2.38. The lowest BCUT2D eigenvalue weighted by Gasteiger charge is -2.37. The molecule has 1 heterocycles. The van der Waals surface area contributed by atoms with Gasteiger partial charge in [0, 0.05) is 6.54 Å². The first-order chi connectivity index (χ1) is 8.96. The number of hydrogen-bond donors (Lipinski definition) is 1. The first-order valence-electron chi connectivity index (χ1n) is 7.12. The molecule has 1 aliphatic heterocycles. The molecule has 1 N–H and O–H groups in total. The second-order valence-corrected chi connectivity index (χ2v) is 6.36. The minimum Gasteiger partial charge on any atom is -0.388 e. The lowest BCUT2D eigenvalue weighted by molar-refractivity contribution is 0.101. The van der Waals surface area contributed by atoms with E-state index in [9.17, 15) is 9.50 Å². The van der Waals surface area contributed by atoms with Gasteiger partial charge in [-0.15, -0.1) is 0 Å². The third-order valence-electron chi connectivity index (χ3n) is 4.18. The van der Waals surface area contributed by atoms with Crippen LogP contribution >= 0.6 is 0 Å². The highest BCUT2D eigenvalue weighted by atomic mass is 19.1. The number of aliphatic hydroxyl groups is 1. The van der Waals surface area contributed by atoms with Crippen LogP contribution in [0.3, 0.4) is 0 Å². The highest BCUT2D eigenvalue weighted by molar-refractivity contribution is 5.18. The normalized spacial score (nSPS) is 21.3. The number of hydrogen-bond acceptors (Lipinski definition) is 2. The van der Waals surface area contributed by atoms with Crippen molar-refractivity contribution < 1.29 is 9.50 Å². The Hall–Kier alpha value is -0.930. The number of piperidine rings is 1. The maximum absolute atomic E-state index is 12.8. The van der Waals surface area contributed by atoms with E-state index in [4.69, 9.17) is 0 Å². The predicted molar refractivity (Wildman–Crippen MR) is 75.4 cm³/mol. The van der Waals surface area contributed by atoms with E-state index in [2.05, 4.69) is 18.7 Å². The second-order valence-electron chi connectivity index (χ2n) is 6.36. The molecule has 1 atom stereocenters. The highest BCUT2D eigenvalue weighted by Crippen LogP contribution is 2.30. The van der Waals surface area contributed by atoms with Crippen LogP contribution in [0.4, 0.5) is 4.39 Å². The van der Waals surface area contributed by atoms with E-state index in [0.29, 0.717) is 11.8 Å². The lowest BCUT2D eigenvalue weighted by atomic mass is 9.82. The standard InChI is InChI=1S/C16H24FNO/c1-16(2)8-11-18(12-9-16)10-7-15(19)13-3-5-14(17)6-4-13/h3-6,15,19H,7-12H2,1-2H3. The Morgan fingerprint density at radius 3 is 2.37 bits per heavy atom. The van der Waals surface area contributed by atoms with Gasteiger partial charge in [0.2, 0.25) is 0 Å². The van der Waals surface area contributed by atoms with Crippen LogP contribution in [0.25, 0.3) is 0 Å². The summed E-state index contributed by atoms with van der Waals surface area (Å²) < 4.78 is 12.8. The van der Waals surface area contributed by atoms with Gasteiger partial charge >= 0.3 is 0 Å². The van der Waals surface area contributed by atoms with Crippen molar-refractivity contribution in [3.05, 3.63) is 35.6 Å². The van der Waals surface area contributed by atoms with Crippen LogP contribution in [0.2, 0.25) is 0 Å². The molecule has 19 heavy (non-hydrogen) atoms. The predicted octanol–water partition coefficient (Wildman–Crippen LogP) is 3.37. The molecule has 3 heteroatoms. The number of likely N-dealkylation sites (tertiary alicyclic amines) is 1. The summed E-state index contributed by atoms with van der Waals surface area (Å²) >= 11 is 0. The molecule has 1 aromatic rings. The summed E-state index contributed by atoms with van der Waals surface area (Å²) in [4.78, 5) is 2.41. The number of halogens is 1. The van der Waals surface area contributed by atoms with Crippen LogP contribution in [0, 0.1) is 11.2 Å². The largest absolute Gasteiger partial charge is 0.388 e. The smallest absolute Gasteiger partial charge is 0.123 e. The Bertz CT molecular complexity index is 392. The first-order valence-corrected chi connectivity index (χ1v) is 7.12. The molecule has 0 radical (unpaired) electrons. The van der Waals surface area contributed by atoms with E-state index in [1.54, 1.807) is 12.1 Å². The molecule has 0 aromatic heterocycles. The quantitative estimate of drug-likeness (QED) is 0.902. The Morgan fingerprint density at radius 1 is 1.21 bits per heavy atom. The van der Waals surface area contributed by atoms with Gasteiger partial charge in [-0.1, -0.05) is 26.0 Å². The van der Waals surface area contributed by atoms with E-state index in [-0.39, 0.29) is 5.82 Å². The van der Waals surface area contributed by atoms with Gasteiger partial charge < -0.3 is 10.0 Å². The summed E-state index contributed by atoms with van der Waals surface area (Å²) in [5.74, 6) is -0.255. The summed E-state index contributed by atoms with van der Waals surface area (Å²) in [6, 6.07) is 6.14. The minimum atomic E-state index is -0.490. The monoisotopic (exact) mass is 265 g/mol. The van der Waals surface area contributed by atoms with Gasteiger partial charge in [0.25, 0.3) is 0 Å². The second kappa shape index (κ2) is 6.02. The molecule has 0 bridgehead atoms. The molecule has 1 saturated heterocycles. The minimum absolute atomic E-state index is 0.255. The molecule has 1 unspecified atom stereocenters. The van der Waals surface area contributed by atoms with Crippen LogP contribution in [-0.2, 0) is 0 Å². The zero-order chi connectivity index (χ0) is 13.9. The van der Waals surface area contributed by atoms with Crippen molar-refractivity contribution in [2.45, 2.75) is 39.2 Å². The molecule has 2 nitrogen and oxygen atoms in total. The average Bonchev–Trinajstić information content (AvgIpc) is 2.38. The van der Waals surface area contributed by atoms with Gasteiger partial charge in [0.15, 0.2) is 0 Å². The summed E-state index contributed by atoms with van der Waals surface area (Å²) in [5.41, 5.74) is 1.27. The highest BCUT2D eigenvalue weighted by Gasteiger charge is 2.25. The van der Waals surface area contributed by atoms with Gasteiger partial charge in [0.05, 0.1) is 6.10 Å². The number of benzene rings is 1. The van der Waals surface area contributed by atoms with Gasteiger partial charge in [-0.3, -0.25) is 0 Å². The fourth-order valence-electron chi connectivity index (χ4n) is 2.54. The van der Waals surface area contributed by atoms with Gasteiger partial charge in [-0.25, -0.2) is 4.39 Å². The molecular formula is C16H24FNO. The van der Waals surface area contributed by atoms with Crippen molar-refractivity contribution in [1.29, 1.82) is 0 Å². The summed E-state index contributed by atoms with van der Waals surface area (Å²) in [7, 11) is 0. The van der Waals surface area contributed by atoms with Crippen LogP contribution in [-0.4, -0.2) is 29.6 Å². The molecule has 2 rings (SSSR count). The summed E-state index contributed by atoms with van der Waals surface area (Å²) in [6.07, 6.45) is 2.67. The Morgan fingerprint density at radius 2 is 1.79 bits per heavy atom. The maximum atomic E-state index is 12.8. The Kier molecular flexibility index (Phi) is 4.58. The Labute approximate surface area is 115 Å². The van der Waals surface area contributed by atoms with E-state index < -0.39 is 6.10 Å². The van der Waals surface area contributed by atoms with E-state index in [0.717, 1.165) is 25.2 Å². The SMILES string of the molecule is CC1(C)CCN(CCC(O)c2ccc(F)cc2)CC1. The molecule has 1 fully saturated rings. The van der Waals surface area contributed by atoms with Gasteiger partial charge in [-0.2, -0.15) is 0 Å². The van der Waals surface area contributed by atoms with Crippen LogP contribution < -0.4 is 0 Å². The fraction of sp³-hybridized carbons (Fsp3) is 0.625.